The summed E-state index contributed by atoms with van der Waals surface area (Å²) in [5.74, 6) is -0.480. The zero-order valence-corrected chi connectivity index (χ0v) is 12.9. The highest BCUT2D eigenvalue weighted by molar-refractivity contribution is 6.24. The Labute approximate surface area is 139 Å². The summed E-state index contributed by atoms with van der Waals surface area (Å²) in [6.07, 6.45) is 0.194. The van der Waals surface area contributed by atoms with Crippen molar-refractivity contribution in [1.82, 2.24) is 0 Å². The minimum Gasteiger partial charge on any atom is -0.444 e. The van der Waals surface area contributed by atoms with E-state index in [1.165, 1.54) is 4.90 Å². The molecule has 1 heterocycles. The van der Waals surface area contributed by atoms with Gasteiger partial charge in [0, 0.05) is 10.9 Å². The van der Waals surface area contributed by atoms with Crippen LogP contribution in [0.4, 0.5) is 5.69 Å². The van der Waals surface area contributed by atoms with E-state index in [4.69, 9.17) is 4.74 Å². The number of hydrogen-bond donors (Lipinski definition) is 0. The molecule has 0 saturated heterocycles. The molecule has 0 aliphatic carbocycles. The summed E-state index contributed by atoms with van der Waals surface area (Å²) in [5, 5.41) is 1.93. The van der Waals surface area contributed by atoms with Crippen LogP contribution in [-0.4, -0.2) is 18.6 Å². The molecule has 0 saturated carbocycles. The fourth-order valence-corrected chi connectivity index (χ4v) is 3.06. The summed E-state index contributed by atoms with van der Waals surface area (Å²) in [5.41, 5.74) is 2.34. The number of amides is 1. The van der Waals surface area contributed by atoms with Crippen molar-refractivity contribution >= 4 is 28.3 Å². The molecule has 0 bridgehead atoms. The van der Waals surface area contributed by atoms with Crippen LogP contribution in [0.5, 0.6) is 0 Å². The van der Waals surface area contributed by atoms with E-state index in [1.54, 1.807) is 6.07 Å². The van der Waals surface area contributed by atoms with E-state index in [9.17, 15) is 9.59 Å². The van der Waals surface area contributed by atoms with Gasteiger partial charge in [-0.25, -0.2) is 0 Å². The van der Waals surface area contributed by atoms with Crippen molar-refractivity contribution in [3.05, 3.63) is 77.9 Å². The summed E-state index contributed by atoms with van der Waals surface area (Å²) >= 11 is 0. The quantitative estimate of drug-likeness (QED) is 0.691. The molecule has 0 fully saturated rings. The van der Waals surface area contributed by atoms with E-state index in [1.807, 2.05) is 60.7 Å². The van der Waals surface area contributed by atoms with E-state index in [0.29, 0.717) is 5.56 Å². The molecule has 0 unspecified atom stereocenters. The second-order valence-electron chi connectivity index (χ2n) is 5.72. The van der Waals surface area contributed by atoms with Crippen LogP contribution in [0.15, 0.2) is 66.7 Å². The monoisotopic (exact) mass is 317 g/mol. The maximum Gasteiger partial charge on any atom is 0.311 e. The zero-order chi connectivity index (χ0) is 16.5. The average Bonchev–Trinajstić information content (AvgIpc) is 2.88. The van der Waals surface area contributed by atoms with Crippen LogP contribution in [0.2, 0.25) is 0 Å². The summed E-state index contributed by atoms with van der Waals surface area (Å²) in [4.78, 5) is 26.1. The smallest absolute Gasteiger partial charge is 0.311 e. The summed E-state index contributed by atoms with van der Waals surface area (Å²) < 4.78 is 5.33. The maximum absolute atomic E-state index is 12.6. The van der Waals surface area contributed by atoms with Crippen molar-refractivity contribution in [2.75, 3.05) is 11.6 Å². The van der Waals surface area contributed by atoms with Crippen molar-refractivity contribution in [2.45, 2.75) is 6.42 Å². The molecule has 4 heteroatoms. The van der Waals surface area contributed by atoms with Crippen LogP contribution >= 0.6 is 0 Å². The Kier molecular flexibility index (Phi) is 3.50. The summed E-state index contributed by atoms with van der Waals surface area (Å²) in [6, 6.07) is 20.8. The normalized spacial score (nSPS) is 12.7. The van der Waals surface area contributed by atoms with Crippen LogP contribution in [0, 0.1) is 0 Å². The molecule has 4 rings (SSSR count). The number of carbonyl (C=O) groups excluding carboxylic acids is 2. The van der Waals surface area contributed by atoms with Gasteiger partial charge >= 0.3 is 5.97 Å². The third-order valence-electron chi connectivity index (χ3n) is 4.19. The molecular formula is C20H15NO3. The zero-order valence-electron chi connectivity index (χ0n) is 12.9. The van der Waals surface area contributed by atoms with Gasteiger partial charge in [0.15, 0.2) is 6.73 Å². The highest BCUT2D eigenvalue weighted by atomic mass is 16.5. The highest BCUT2D eigenvalue weighted by Gasteiger charge is 2.30. The second-order valence-corrected chi connectivity index (χ2v) is 5.72. The number of esters is 1. The van der Waals surface area contributed by atoms with Gasteiger partial charge in [0.25, 0.3) is 5.91 Å². The third-order valence-corrected chi connectivity index (χ3v) is 4.19. The lowest BCUT2D eigenvalue weighted by atomic mass is 10.1. The van der Waals surface area contributed by atoms with Gasteiger partial charge in [-0.1, -0.05) is 54.6 Å². The third kappa shape index (κ3) is 2.42. The molecular weight excluding hydrogens is 302 g/mol. The Morgan fingerprint density at radius 2 is 1.67 bits per heavy atom. The molecule has 24 heavy (non-hydrogen) atoms. The molecule has 0 N–H and O–H groups in total. The number of nitrogens with zero attached hydrogens (tertiary/aromatic N) is 1. The number of rotatable bonds is 4. The van der Waals surface area contributed by atoms with Gasteiger partial charge < -0.3 is 4.74 Å². The van der Waals surface area contributed by atoms with Crippen LogP contribution in [0.1, 0.15) is 15.9 Å². The molecule has 0 radical (unpaired) electrons. The minimum atomic E-state index is -0.350. The largest absolute Gasteiger partial charge is 0.444 e. The molecule has 0 aromatic heterocycles. The van der Waals surface area contributed by atoms with Gasteiger partial charge in [-0.2, -0.15) is 0 Å². The first-order chi connectivity index (χ1) is 11.7. The van der Waals surface area contributed by atoms with Gasteiger partial charge in [0.1, 0.15) is 0 Å². The lowest BCUT2D eigenvalue weighted by Crippen LogP contribution is -2.31. The highest BCUT2D eigenvalue weighted by Crippen LogP contribution is 2.36. The van der Waals surface area contributed by atoms with Gasteiger partial charge in [-0.3, -0.25) is 14.5 Å². The van der Waals surface area contributed by atoms with Crippen molar-refractivity contribution < 1.29 is 14.3 Å². The fourth-order valence-electron chi connectivity index (χ4n) is 3.06. The molecule has 1 aliphatic heterocycles. The Bertz CT molecular complexity index is 929. The molecule has 118 valence electrons. The SMILES string of the molecule is O=C(Cc1ccccc1)OCN1C(=O)c2cccc3cccc1c23. The molecule has 3 aromatic rings. The van der Waals surface area contributed by atoms with Gasteiger partial charge in [-0.15, -0.1) is 0 Å². The van der Waals surface area contributed by atoms with E-state index in [2.05, 4.69) is 0 Å². The molecule has 0 atom stereocenters. The Morgan fingerprint density at radius 1 is 0.917 bits per heavy atom. The number of benzene rings is 3. The van der Waals surface area contributed by atoms with Gasteiger partial charge in [-0.05, 0) is 23.1 Å². The lowest BCUT2D eigenvalue weighted by molar-refractivity contribution is -0.142. The number of anilines is 1. The Hall–Kier alpha value is -3.14. The summed E-state index contributed by atoms with van der Waals surface area (Å²) in [6.45, 7) is -0.0711. The number of ether oxygens (including phenoxy) is 1. The van der Waals surface area contributed by atoms with Gasteiger partial charge in [0.05, 0.1) is 12.1 Å². The molecule has 1 amide bonds. The maximum atomic E-state index is 12.6. The standard InChI is InChI=1S/C20H15NO3/c22-18(12-14-6-2-1-3-7-14)24-13-21-17-11-5-9-15-8-4-10-16(19(15)17)20(21)23/h1-11H,12-13H2. The fraction of sp³-hybridized carbons (Fsp3) is 0.100. The van der Waals surface area contributed by atoms with E-state index < -0.39 is 0 Å². The Balaban J connectivity index is 1.51. The molecule has 4 nitrogen and oxygen atoms in total. The summed E-state index contributed by atoms with van der Waals surface area (Å²) in [7, 11) is 0. The van der Waals surface area contributed by atoms with Crippen LogP contribution in [-0.2, 0) is 16.0 Å². The van der Waals surface area contributed by atoms with Crippen LogP contribution in [0.25, 0.3) is 10.8 Å². The first-order valence-corrected chi connectivity index (χ1v) is 7.77. The first-order valence-electron chi connectivity index (χ1n) is 7.77. The first kappa shape index (κ1) is 14.5. The number of carbonyl (C=O) groups is 2. The lowest BCUT2D eigenvalue weighted by Gasteiger charge is -2.17. The molecule has 3 aromatic carbocycles. The van der Waals surface area contributed by atoms with Crippen molar-refractivity contribution in [2.24, 2.45) is 0 Å². The molecule has 1 aliphatic rings. The predicted octanol–water partition coefficient (Wildman–Crippen LogP) is 3.54. The van der Waals surface area contributed by atoms with Crippen molar-refractivity contribution in [1.29, 1.82) is 0 Å². The topological polar surface area (TPSA) is 46.6 Å². The van der Waals surface area contributed by atoms with Crippen molar-refractivity contribution in [3.63, 3.8) is 0 Å². The number of hydrogen-bond acceptors (Lipinski definition) is 3. The molecule has 0 spiro atoms. The van der Waals surface area contributed by atoms with Crippen molar-refractivity contribution in [3.8, 4) is 0 Å². The second kappa shape index (κ2) is 5.81. The van der Waals surface area contributed by atoms with E-state index >= 15 is 0 Å². The predicted molar refractivity (Wildman–Crippen MR) is 91.9 cm³/mol. The van der Waals surface area contributed by atoms with Gasteiger partial charge in [0.2, 0.25) is 0 Å². The van der Waals surface area contributed by atoms with Crippen LogP contribution < -0.4 is 4.90 Å². The average molecular weight is 317 g/mol. The van der Waals surface area contributed by atoms with E-state index in [0.717, 1.165) is 22.0 Å². The minimum absolute atomic E-state index is 0.0711. The Morgan fingerprint density at radius 3 is 2.46 bits per heavy atom. The van der Waals surface area contributed by atoms with Crippen LogP contribution in [0.3, 0.4) is 0 Å². The van der Waals surface area contributed by atoms with E-state index in [-0.39, 0.29) is 25.0 Å².